The smallest absolute Gasteiger partial charge is 0.189 e. The summed E-state index contributed by atoms with van der Waals surface area (Å²) in [7, 11) is 1.66. The number of hydrogen-bond donors (Lipinski definition) is 0. The highest BCUT2D eigenvalue weighted by molar-refractivity contribution is 6.13. The largest absolute Gasteiger partial charge is 0.496 e. The quantitative estimate of drug-likeness (QED) is 0.769. The number of methoxy groups -OCH3 is 1. The van der Waals surface area contributed by atoms with Crippen molar-refractivity contribution < 1.29 is 9.53 Å². The summed E-state index contributed by atoms with van der Waals surface area (Å²) in [6.45, 7) is 2.04. The number of carbonyl (C=O) groups is 1. The Morgan fingerprint density at radius 3 is 2.71 bits per heavy atom. The van der Waals surface area contributed by atoms with Gasteiger partial charge < -0.3 is 4.74 Å². The minimum Gasteiger partial charge on any atom is -0.496 e. The van der Waals surface area contributed by atoms with Crippen LogP contribution in [0.1, 0.15) is 33.5 Å². The van der Waals surface area contributed by atoms with E-state index in [-0.39, 0.29) is 5.78 Å². The van der Waals surface area contributed by atoms with Crippen molar-refractivity contribution in [2.24, 2.45) is 0 Å². The number of carbonyl (C=O) groups excluding carboxylic acids is 1. The fraction of sp³-hybridized carbons (Fsp3) is 0.211. The molecule has 0 aliphatic heterocycles. The minimum atomic E-state index is 0.139. The third-order valence-corrected chi connectivity index (χ3v) is 3.93. The summed E-state index contributed by atoms with van der Waals surface area (Å²) in [4.78, 5) is 12.6. The van der Waals surface area contributed by atoms with Gasteiger partial charge in [-0.15, -0.1) is 0 Å². The lowest BCUT2D eigenvalue weighted by Gasteiger charge is -2.17. The molecule has 0 radical (unpaired) electrons. The van der Waals surface area contributed by atoms with E-state index in [1.807, 2.05) is 49.4 Å². The second-order valence-corrected chi connectivity index (χ2v) is 5.40. The number of Topliss-reactive ketones (excluding diaryl/α,β-unsaturated/α-hetero) is 1. The molecule has 1 aliphatic carbocycles. The van der Waals surface area contributed by atoms with Gasteiger partial charge in [0.2, 0.25) is 0 Å². The maximum Gasteiger partial charge on any atom is 0.189 e. The van der Waals surface area contributed by atoms with E-state index >= 15 is 0 Å². The molecular formula is C19H18O2. The molecule has 0 unspecified atom stereocenters. The molecule has 21 heavy (non-hydrogen) atoms. The standard InChI is InChI=1S/C19H18O2/c1-13-7-10-18(21-2)16(11-13)12-15-9-8-14-5-3-4-6-17(14)19(15)20/h3-7,10-12H,8-9H2,1-2H3/b15-12+. The Bertz CT molecular complexity index is 726. The van der Waals surface area contributed by atoms with Crippen LogP contribution in [-0.4, -0.2) is 12.9 Å². The SMILES string of the molecule is COc1ccc(C)cc1/C=C1\CCc2ccccc2C1=O. The molecule has 1 aliphatic rings. The predicted octanol–water partition coefficient (Wildman–Crippen LogP) is 4.22. The Morgan fingerprint density at radius 1 is 1.10 bits per heavy atom. The molecule has 0 saturated carbocycles. The fourth-order valence-corrected chi connectivity index (χ4v) is 2.81. The Balaban J connectivity index is 2.02. The molecule has 0 N–H and O–H groups in total. The van der Waals surface area contributed by atoms with Gasteiger partial charge >= 0.3 is 0 Å². The first-order valence-electron chi connectivity index (χ1n) is 7.17. The third kappa shape index (κ3) is 2.62. The zero-order valence-electron chi connectivity index (χ0n) is 12.3. The van der Waals surface area contributed by atoms with E-state index in [4.69, 9.17) is 4.74 Å². The number of aryl methyl sites for hydroxylation is 2. The van der Waals surface area contributed by atoms with Crippen LogP contribution in [0.2, 0.25) is 0 Å². The van der Waals surface area contributed by atoms with E-state index in [9.17, 15) is 4.79 Å². The van der Waals surface area contributed by atoms with Gasteiger partial charge in [0, 0.05) is 16.7 Å². The summed E-state index contributed by atoms with van der Waals surface area (Å²) >= 11 is 0. The van der Waals surface area contributed by atoms with Crippen LogP contribution in [-0.2, 0) is 6.42 Å². The molecule has 2 nitrogen and oxygen atoms in total. The van der Waals surface area contributed by atoms with Gasteiger partial charge in [0.15, 0.2) is 5.78 Å². The Morgan fingerprint density at radius 2 is 1.90 bits per heavy atom. The first kappa shape index (κ1) is 13.6. The monoisotopic (exact) mass is 278 g/mol. The number of fused-ring (bicyclic) bond motifs is 1. The average molecular weight is 278 g/mol. The molecule has 0 amide bonds. The molecule has 106 valence electrons. The van der Waals surface area contributed by atoms with Crippen molar-refractivity contribution >= 4 is 11.9 Å². The number of ether oxygens (including phenoxy) is 1. The summed E-state index contributed by atoms with van der Waals surface area (Å²) in [6, 6.07) is 13.9. The molecule has 2 heteroatoms. The Kier molecular flexibility index (Phi) is 3.61. The number of rotatable bonds is 2. The second kappa shape index (κ2) is 5.57. The van der Waals surface area contributed by atoms with Gasteiger partial charge in [0.05, 0.1) is 7.11 Å². The van der Waals surface area contributed by atoms with Crippen molar-refractivity contribution in [3.8, 4) is 5.75 Å². The summed E-state index contributed by atoms with van der Waals surface area (Å²) in [5.74, 6) is 0.945. The van der Waals surface area contributed by atoms with Gasteiger partial charge in [-0.3, -0.25) is 4.79 Å². The van der Waals surface area contributed by atoms with E-state index in [0.29, 0.717) is 0 Å². The molecule has 0 fully saturated rings. The summed E-state index contributed by atoms with van der Waals surface area (Å²) in [5.41, 5.74) is 4.97. The summed E-state index contributed by atoms with van der Waals surface area (Å²) in [6.07, 6.45) is 3.68. The van der Waals surface area contributed by atoms with Crippen LogP contribution < -0.4 is 4.74 Å². The van der Waals surface area contributed by atoms with Crippen molar-refractivity contribution in [2.75, 3.05) is 7.11 Å². The Labute approximate surface area is 125 Å². The Hall–Kier alpha value is -2.35. The normalized spacial score (nSPS) is 15.9. The number of allylic oxidation sites excluding steroid dienone is 1. The van der Waals surface area contributed by atoms with E-state index in [2.05, 4.69) is 6.07 Å². The summed E-state index contributed by atoms with van der Waals surface area (Å²) < 4.78 is 5.39. The molecule has 0 saturated heterocycles. The topological polar surface area (TPSA) is 26.3 Å². The van der Waals surface area contributed by atoms with Gasteiger partial charge in [0.25, 0.3) is 0 Å². The van der Waals surface area contributed by atoms with Gasteiger partial charge in [0.1, 0.15) is 5.75 Å². The molecular weight excluding hydrogens is 260 g/mol. The zero-order valence-corrected chi connectivity index (χ0v) is 12.3. The molecule has 2 aromatic carbocycles. The molecule has 0 spiro atoms. The van der Waals surface area contributed by atoms with Crippen molar-refractivity contribution in [1.82, 2.24) is 0 Å². The highest BCUT2D eigenvalue weighted by Crippen LogP contribution is 2.29. The van der Waals surface area contributed by atoms with E-state index in [1.165, 1.54) is 0 Å². The maximum absolute atomic E-state index is 12.6. The lowest BCUT2D eigenvalue weighted by Crippen LogP contribution is -2.13. The lowest BCUT2D eigenvalue weighted by atomic mass is 9.86. The number of ketones is 1. The first-order valence-corrected chi connectivity index (χ1v) is 7.17. The molecule has 0 aromatic heterocycles. The van der Waals surface area contributed by atoms with E-state index in [0.717, 1.165) is 46.4 Å². The van der Waals surface area contributed by atoms with Crippen molar-refractivity contribution in [2.45, 2.75) is 19.8 Å². The summed E-state index contributed by atoms with van der Waals surface area (Å²) in [5, 5.41) is 0. The second-order valence-electron chi connectivity index (χ2n) is 5.40. The molecule has 0 heterocycles. The van der Waals surface area contributed by atoms with Crippen LogP contribution in [0.4, 0.5) is 0 Å². The minimum absolute atomic E-state index is 0.139. The van der Waals surface area contributed by atoms with Gasteiger partial charge in [-0.05, 0) is 43.5 Å². The molecule has 3 rings (SSSR count). The average Bonchev–Trinajstić information content (AvgIpc) is 2.51. The van der Waals surface area contributed by atoms with Crippen molar-refractivity contribution in [3.63, 3.8) is 0 Å². The van der Waals surface area contributed by atoms with Crippen LogP contribution >= 0.6 is 0 Å². The van der Waals surface area contributed by atoms with E-state index in [1.54, 1.807) is 7.11 Å². The van der Waals surface area contributed by atoms with Crippen LogP contribution in [0.25, 0.3) is 6.08 Å². The van der Waals surface area contributed by atoms with Crippen LogP contribution in [0, 0.1) is 6.92 Å². The van der Waals surface area contributed by atoms with Crippen LogP contribution in [0.15, 0.2) is 48.0 Å². The third-order valence-electron chi connectivity index (χ3n) is 3.93. The fourth-order valence-electron chi connectivity index (χ4n) is 2.81. The van der Waals surface area contributed by atoms with Crippen LogP contribution in [0.3, 0.4) is 0 Å². The van der Waals surface area contributed by atoms with Gasteiger partial charge in [-0.1, -0.05) is 35.9 Å². The number of benzene rings is 2. The zero-order chi connectivity index (χ0) is 14.8. The van der Waals surface area contributed by atoms with Gasteiger partial charge in [-0.2, -0.15) is 0 Å². The molecule has 0 bridgehead atoms. The highest BCUT2D eigenvalue weighted by Gasteiger charge is 2.21. The van der Waals surface area contributed by atoms with E-state index < -0.39 is 0 Å². The molecule has 0 atom stereocenters. The predicted molar refractivity (Wildman–Crippen MR) is 84.8 cm³/mol. The maximum atomic E-state index is 12.6. The van der Waals surface area contributed by atoms with Crippen LogP contribution in [0.5, 0.6) is 5.75 Å². The number of hydrogen-bond acceptors (Lipinski definition) is 2. The molecule has 2 aromatic rings. The van der Waals surface area contributed by atoms with Crippen molar-refractivity contribution in [3.05, 3.63) is 70.3 Å². The van der Waals surface area contributed by atoms with Crippen molar-refractivity contribution in [1.29, 1.82) is 0 Å². The lowest BCUT2D eigenvalue weighted by molar-refractivity contribution is 0.102. The highest BCUT2D eigenvalue weighted by atomic mass is 16.5. The van der Waals surface area contributed by atoms with Gasteiger partial charge in [-0.25, -0.2) is 0 Å². The first-order chi connectivity index (χ1) is 10.2.